The van der Waals surface area contributed by atoms with Gasteiger partial charge in [0.15, 0.2) is 5.82 Å². The molecule has 2 aromatic heterocycles. The third-order valence-electron chi connectivity index (χ3n) is 2.28. The number of thiocarbonyl (C=S) groups is 1. The highest BCUT2D eigenvalue weighted by molar-refractivity contribution is 7.80. The summed E-state index contributed by atoms with van der Waals surface area (Å²) in [6.07, 6.45) is 3.18. The van der Waals surface area contributed by atoms with Crippen molar-refractivity contribution in [3.05, 3.63) is 36.2 Å². The Morgan fingerprint density at radius 1 is 1.42 bits per heavy atom. The second-order valence-electron chi connectivity index (χ2n) is 3.60. The number of nitrogens with zero attached hydrogens (tertiary/aromatic N) is 3. The molecular formula is C12H13N5OS. The van der Waals surface area contributed by atoms with E-state index in [-0.39, 0.29) is 4.99 Å². The average Bonchev–Trinajstić information content (AvgIpc) is 2.42. The lowest BCUT2D eigenvalue weighted by Gasteiger charge is -2.09. The molecule has 0 aromatic carbocycles. The fraction of sp³-hybridized carbons (Fsp3) is 0.167. The highest BCUT2D eigenvalue weighted by Gasteiger charge is 2.07. The van der Waals surface area contributed by atoms with E-state index in [9.17, 15) is 0 Å². The zero-order valence-electron chi connectivity index (χ0n) is 10.3. The second-order valence-corrected chi connectivity index (χ2v) is 4.04. The Morgan fingerprint density at radius 2 is 2.26 bits per heavy atom. The maximum Gasteiger partial charge on any atom is 0.213 e. The normalized spacial score (nSPS) is 9.95. The summed E-state index contributed by atoms with van der Waals surface area (Å²) in [5.74, 6) is 1.07. The van der Waals surface area contributed by atoms with E-state index in [4.69, 9.17) is 22.7 Å². The van der Waals surface area contributed by atoms with Crippen molar-refractivity contribution in [2.75, 3.05) is 11.9 Å². The Labute approximate surface area is 116 Å². The summed E-state index contributed by atoms with van der Waals surface area (Å²) in [5.41, 5.74) is 7.01. The van der Waals surface area contributed by atoms with Crippen LogP contribution in [0.3, 0.4) is 0 Å². The maximum atomic E-state index is 5.62. The van der Waals surface area contributed by atoms with Crippen LogP contribution in [0.5, 0.6) is 5.88 Å². The van der Waals surface area contributed by atoms with Crippen LogP contribution in [0, 0.1) is 0 Å². The third kappa shape index (κ3) is 3.35. The van der Waals surface area contributed by atoms with Crippen LogP contribution in [-0.4, -0.2) is 26.8 Å². The number of anilines is 2. The van der Waals surface area contributed by atoms with Crippen LogP contribution in [0.25, 0.3) is 0 Å². The number of nitrogens with two attached hydrogens (primary N) is 1. The van der Waals surface area contributed by atoms with E-state index in [0.29, 0.717) is 23.9 Å². The molecule has 0 amide bonds. The van der Waals surface area contributed by atoms with Crippen LogP contribution in [0.1, 0.15) is 12.5 Å². The first-order valence-electron chi connectivity index (χ1n) is 5.68. The first kappa shape index (κ1) is 13.2. The lowest BCUT2D eigenvalue weighted by atomic mass is 10.2. The molecule has 0 aliphatic carbocycles. The predicted molar refractivity (Wildman–Crippen MR) is 76.6 cm³/mol. The van der Waals surface area contributed by atoms with Crippen molar-refractivity contribution in [2.24, 2.45) is 5.73 Å². The monoisotopic (exact) mass is 275 g/mol. The van der Waals surface area contributed by atoms with Crippen LogP contribution >= 0.6 is 12.2 Å². The molecule has 19 heavy (non-hydrogen) atoms. The van der Waals surface area contributed by atoms with Gasteiger partial charge >= 0.3 is 0 Å². The van der Waals surface area contributed by atoms with Gasteiger partial charge in [0.2, 0.25) is 5.88 Å². The minimum atomic E-state index is 0.260. The molecule has 6 nitrogen and oxygen atoms in total. The van der Waals surface area contributed by atoms with Crippen LogP contribution in [-0.2, 0) is 0 Å². The molecule has 0 fully saturated rings. The van der Waals surface area contributed by atoms with Gasteiger partial charge in [0.05, 0.1) is 30.3 Å². The van der Waals surface area contributed by atoms with E-state index >= 15 is 0 Å². The molecule has 0 atom stereocenters. The Bertz CT molecular complexity index is 573. The van der Waals surface area contributed by atoms with E-state index in [1.807, 2.05) is 13.0 Å². The van der Waals surface area contributed by atoms with Gasteiger partial charge in [0, 0.05) is 6.07 Å². The Kier molecular flexibility index (Phi) is 4.19. The van der Waals surface area contributed by atoms with Gasteiger partial charge in [-0.05, 0) is 19.1 Å². The van der Waals surface area contributed by atoms with Crippen molar-refractivity contribution in [1.29, 1.82) is 0 Å². The molecule has 0 bridgehead atoms. The molecule has 2 rings (SSSR count). The summed E-state index contributed by atoms with van der Waals surface area (Å²) in [5, 5.41) is 10.8. The highest BCUT2D eigenvalue weighted by Crippen LogP contribution is 2.18. The molecule has 0 saturated carbocycles. The van der Waals surface area contributed by atoms with Crippen molar-refractivity contribution >= 4 is 28.7 Å². The Balaban J connectivity index is 2.19. The molecule has 0 unspecified atom stereocenters. The van der Waals surface area contributed by atoms with Crippen molar-refractivity contribution < 1.29 is 4.74 Å². The summed E-state index contributed by atoms with van der Waals surface area (Å²) >= 11 is 4.96. The fourth-order valence-electron chi connectivity index (χ4n) is 1.45. The number of pyridine rings is 1. The molecule has 3 N–H and O–H groups in total. The SMILES string of the molecule is CCOc1ccc(Nc2nnccc2C(N)=S)cn1. The van der Waals surface area contributed by atoms with Crippen LogP contribution in [0.4, 0.5) is 11.5 Å². The summed E-state index contributed by atoms with van der Waals surface area (Å²) in [6.45, 7) is 2.48. The van der Waals surface area contributed by atoms with Crippen LogP contribution in [0.15, 0.2) is 30.6 Å². The van der Waals surface area contributed by atoms with E-state index < -0.39 is 0 Å². The van der Waals surface area contributed by atoms with E-state index in [2.05, 4.69) is 20.5 Å². The summed E-state index contributed by atoms with van der Waals surface area (Å²) in [6, 6.07) is 5.30. The largest absolute Gasteiger partial charge is 0.478 e. The smallest absolute Gasteiger partial charge is 0.213 e. The Morgan fingerprint density at radius 3 is 2.89 bits per heavy atom. The molecule has 2 aromatic rings. The topological polar surface area (TPSA) is 86.0 Å². The minimum absolute atomic E-state index is 0.260. The molecule has 0 radical (unpaired) electrons. The zero-order valence-corrected chi connectivity index (χ0v) is 11.1. The van der Waals surface area contributed by atoms with Gasteiger partial charge < -0.3 is 15.8 Å². The van der Waals surface area contributed by atoms with Crippen molar-refractivity contribution in [3.8, 4) is 5.88 Å². The number of rotatable bonds is 5. The molecular weight excluding hydrogens is 262 g/mol. The standard InChI is InChI=1S/C12H13N5OS/c1-2-18-10-4-3-8(7-14-10)16-12-9(11(13)19)5-6-15-17-12/h3-7H,2H2,1H3,(H2,13,19)(H,16,17). The van der Waals surface area contributed by atoms with Gasteiger partial charge in [0.25, 0.3) is 0 Å². The van der Waals surface area contributed by atoms with Crippen molar-refractivity contribution in [2.45, 2.75) is 6.92 Å². The first-order valence-corrected chi connectivity index (χ1v) is 6.09. The van der Waals surface area contributed by atoms with Crippen LogP contribution < -0.4 is 15.8 Å². The molecule has 0 spiro atoms. The lowest BCUT2D eigenvalue weighted by Crippen LogP contribution is -2.13. The second kappa shape index (κ2) is 6.05. The molecule has 2 heterocycles. The van der Waals surface area contributed by atoms with Crippen molar-refractivity contribution in [1.82, 2.24) is 15.2 Å². The molecule has 0 aliphatic heterocycles. The predicted octanol–water partition coefficient (Wildman–Crippen LogP) is 1.65. The molecule has 98 valence electrons. The quantitative estimate of drug-likeness (QED) is 0.802. The molecule has 0 saturated heterocycles. The highest BCUT2D eigenvalue weighted by atomic mass is 32.1. The van der Waals surface area contributed by atoms with Gasteiger partial charge in [-0.2, -0.15) is 5.10 Å². The van der Waals surface area contributed by atoms with Crippen molar-refractivity contribution in [3.63, 3.8) is 0 Å². The lowest BCUT2D eigenvalue weighted by molar-refractivity contribution is 0.327. The van der Waals surface area contributed by atoms with Gasteiger partial charge in [-0.25, -0.2) is 4.98 Å². The summed E-state index contributed by atoms with van der Waals surface area (Å²) in [7, 11) is 0. The van der Waals surface area contributed by atoms with Gasteiger partial charge in [-0.1, -0.05) is 12.2 Å². The first-order chi connectivity index (χ1) is 9.20. The fourth-order valence-corrected chi connectivity index (χ4v) is 1.61. The third-order valence-corrected chi connectivity index (χ3v) is 2.50. The minimum Gasteiger partial charge on any atom is -0.478 e. The van der Waals surface area contributed by atoms with E-state index in [1.165, 1.54) is 6.20 Å². The Hall–Kier alpha value is -2.28. The molecule has 0 aliphatic rings. The van der Waals surface area contributed by atoms with E-state index in [0.717, 1.165) is 5.69 Å². The number of nitrogens with one attached hydrogen (secondary N) is 1. The average molecular weight is 275 g/mol. The van der Waals surface area contributed by atoms with Gasteiger partial charge in [-0.3, -0.25) is 0 Å². The van der Waals surface area contributed by atoms with Gasteiger partial charge in [-0.15, -0.1) is 5.10 Å². The number of hydrogen-bond donors (Lipinski definition) is 2. The van der Waals surface area contributed by atoms with Crippen LogP contribution in [0.2, 0.25) is 0 Å². The number of ether oxygens (including phenoxy) is 1. The number of hydrogen-bond acceptors (Lipinski definition) is 6. The van der Waals surface area contributed by atoms with E-state index in [1.54, 1.807) is 18.3 Å². The van der Waals surface area contributed by atoms with Gasteiger partial charge in [0.1, 0.15) is 4.99 Å². The zero-order chi connectivity index (χ0) is 13.7. The maximum absolute atomic E-state index is 5.62. The molecule has 7 heteroatoms. The summed E-state index contributed by atoms with van der Waals surface area (Å²) < 4.78 is 5.27. The summed E-state index contributed by atoms with van der Waals surface area (Å²) in [4.78, 5) is 4.40. The number of aromatic nitrogens is 3.